The van der Waals surface area contributed by atoms with Gasteiger partial charge in [0.15, 0.2) is 0 Å². The summed E-state index contributed by atoms with van der Waals surface area (Å²) in [7, 11) is 0. The maximum absolute atomic E-state index is 13.5. The van der Waals surface area contributed by atoms with Gasteiger partial charge in [-0.2, -0.15) is 0 Å². The van der Waals surface area contributed by atoms with Crippen molar-refractivity contribution in [1.29, 1.82) is 0 Å². The molecule has 3 nitrogen and oxygen atoms in total. The number of carbonyl (C=O) groups is 1. The third kappa shape index (κ3) is 2.85. The number of amides is 1. The van der Waals surface area contributed by atoms with Gasteiger partial charge in [0, 0.05) is 0 Å². The van der Waals surface area contributed by atoms with Gasteiger partial charge < -0.3 is 11.1 Å². The lowest BCUT2D eigenvalue weighted by Gasteiger charge is -2.09. The van der Waals surface area contributed by atoms with Gasteiger partial charge in [-0.15, -0.1) is 0 Å². The van der Waals surface area contributed by atoms with Crippen molar-refractivity contribution in [3.8, 4) is 0 Å². The van der Waals surface area contributed by atoms with E-state index in [-0.39, 0.29) is 11.4 Å². The van der Waals surface area contributed by atoms with Gasteiger partial charge in [-0.05, 0) is 30.3 Å². The van der Waals surface area contributed by atoms with Gasteiger partial charge in [-0.3, -0.25) is 4.79 Å². The molecule has 0 aliphatic heterocycles. The first-order chi connectivity index (χ1) is 9.38. The minimum atomic E-state index is -0.996. The Kier molecular flexibility index (Phi) is 3.85. The Morgan fingerprint density at radius 1 is 1.10 bits per heavy atom. The number of nitrogens with two attached hydrogens (primary N) is 1. The predicted molar refractivity (Wildman–Crippen MR) is 70.1 cm³/mol. The largest absolute Gasteiger partial charge is 0.397 e. The quantitative estimate of drug-likeness (QED) is 0.658. The lowest BCUT2D eigenvalue weighted by atomic mass is 10.1. The summed E-state index contributed by atoms with van der Waals surface area (Å²) in [5, 5.41) is 1.76. The van der Waals surface area contributed by atoms with E-state index in [4.69, 9.17) is 17.3 Å². The Morgan fingerprint density at radius 2 is 1.80 bits per heavy atom. The highest BCUT2D eigenvalue weighted by molar-refractivity contribution is 6.30. The zero-order valence-corrected chi connectivity index (χ0v) is 10.6. The molecule has 2 aromatic carbocycles. The number of nitrogen functional groups attached to an aromatic ring is 1. The minimum Gasteiger partial charge on any atom is -0.397 e. The molecule has 104 valence electrons. The topological polar surface area (TPSA) is 55.1 Å². The molecule has 0 spiro atoms. The van der Waals surface area contributed by atoms with Crippen LogP contribution in [0.3, 0.4) is 0 Å². The van der Waals surface area contributed by atoms with Crippen LogP contribution < -0.4 is 11.1 Å². The molecule has 0 fully saturated rings. The van der Waals surface area contributed by atoms with Gasteiger partial charge in [-0.1, -0.05) is 11.6 Å². The molecule has 0 saturated heterocycles. The van der Waals surface area contributed by atoms with Crippen LogP contribution in [-0.2, 0) is 0 Å². The zero-order valence-electron chi connectivity index (χ0n) is 9.88. The highest BCUT2D eigenvalue weighted by Gasteiger charge is 2.16. The first-order valence-corrected chi connectivity index (χ1v) is 5.77. The minimum absolute atomic E-state index is 0.0373. The highest BCUT2D eigenvalue weighted by Crippen LogP contribution is 2.23. The number of anilines is 2. The van der Waals surface area contributed by atoms with Crippen LogP contribution in [0.15, 0.2) is 30.3 Å². The summed E-state index contributed by atoms with van der Waals surface area (Å²) in [6.07, 6.45) is 0. The van der Waals surface area contributed by atoms with E-state index in [2.05, 4.69) is 5.32 Å². The Labute approximate surface area is 117 Å². The molecule has 0 aromatic heterocycles. The summed E-state index contributed by atoms with van der Waals surface area (Å²) < 4.78 is 39.8. The van der Waals surface area contributed by atoms with E-state index < -0.39 is 33.9 Å². The van der Waals surface area contributed by atoms with Crippen LogP contribution in [0.25, 0.3) is 0 Å². The Morgan fingerprint density at radius 3 is 2.50 bits per heavy atom. The van der Waals surface area contributed by atoms with Crippen LogP contribution in [0.2, 0.25) is 5.02 Å². The van der Waals surface area contributed by atoms with E-state index in [9.17, 15) is 18.0 Å². The molecule has 0 heterocycles. The van der Waals surface area contributed by atoms with E-state index in [1.807, 2.05) is 0 Å². The summed E-state index contributed by atoms with van der Waals surface area (Å²) >= 11 is 5.38. The SMILES string of the molecule is Nc1ccc(F)cc1NC(=O)c1cc(F)c(Cl)cc1F. The number of nitrogens with one attached hydrogen (secondary N) is 1. The molecule has 3 N–H and O–H groups in total. The first-order valence-electron chi connectivity index (χ1n) is 5.39. The monoisotopic (exact) mass is 300 g/mol. The van der Waals surface area contributed by atoms with E-state index in [0.29, 0.717) is 12.1 Å². The molecule has 0 aliphatic carbocycles. The molecule has 2 aromatic rings. The van der Waals surface area contributed by atoms with E-state index in [0.717, 1.165) is 12.1 Å². The molecule has 0 saturated carbocycles. The molecule has 7 heteroatoms. The fraction of sp³-hybridized carbons (Fsp3) is 0. The summed E-state index contributed by atoms with van der Waals surface area (Å²) in [4.78, 5) is 11.8. The highest BCUT2D eigenvalue weighted by atomic mass is 35.5. The molecular weight excluding hydrogens is 293 g/mol. The number of rotatable bonds is 2. The van der Waals surface area contributed by atoms with Gasteiger partial charge in [0.05, 0.1) is 22.0 Å². The van der Waals surface area contributed by atoms with Crippen molar-refractivity contribution in [3.63, 3.8) is 0 Å². The van der Waals surface area contributed by atoms with Crippen molar-refractivity contribution in [2.24, 2.45) is 0 Å². The molecule has 0 unspecified atom stereocenters. The predicted octanol–water partition coefficient (Wildman–Crippen LogP) is 3.59. The van der Waals surface area contributed by atoms with E-state index >= 15 is 0 Å². The Hall–Kier alpha value is -2.21. The van der Waals surface area contributed by atoms with Crippen molar-refractivity contribution in [1.82, 2.24) is 0 Å². The third-order valence-electron chi connectivity index (χ3n) is 2.52. The molecule has 2 rings (SSSR count). The number of halogens is 4. The maximum Gasteiger partial charge on any atom is 0.258 e. The summed E-state index contributed by atoms with van der Waals surface area (Å²) in [6, 6.07) is 4.65. The average molecular weight is 301 g/mol. The molecule has 20 heavy (non-hydrogen) atoms. The van der Waals surface area contributed by atoms with E-state index in [1.54, 1.807) is 0 Å². The fourth-order valence-electron chi connectivity index (χ4n) is 1.52. The van der Waals surface area contributed by atoms with Crippen molar-refractivity contribution in [2.45, 2.75) is 0 Å². The van der Waals surface area contributed by atoms with Crippen LogP contribution in [-0.4, -0.2) is 5.91 Å². The molecule has 1 amide bonds. The Balaban J connectivity index is 2.33. The van der Waals surface area contributed by atoms with Gasteiger partial charge in [0.2, 0.25) is 0 Å². The first kappa shape index (κ1) is 14.2. The molecular formula is C13H8ClF3N2O. The summed E-state index contributed by atoms with van der Waals surface area (Å²) in [5.41, 5.74) is 5.03. The normalized spacial score (nSPS) is 10.4. The summed E-state index contributed by atoms with van der Waals surface area (Å²) in [6.45, 7) is 0. The maximum atomic E-state index is 13.5. The fourth-order valence-corrected chi connectivity index (χ4v) is 1.67. The van der Waals surface area contributed by atoms with Crippen molar-refractivity contribution in [2.75, 3.05) is 11.1 Å². The van der Waals surface area contributed by atoms with Gasteiger partial charge in [0.1, 0.15) is 17.5 Å². The van der Waals surface area contributed by atoms with Crippen LogP contribution in [0.4, 0.5) is 24.5 Å². The van der Waals surface area contributed by atoms with Crippen LogP contribution in [0, 0.1) is 17.5 Å². The second-order valence-electron chi connectivity index (χ2n) is 3.93. The van der Waals surface area contributed by atoms with E-state index in [1.165, 1.54) is 6.07 Å². The van der Waals surface area contributed by atoms with Crippen molar-refractivity contribution >= 4 is 28.9 Å². The van der Waals surface area contributed by atoms with Crippen molar-refractivity contribution < 1.29 is 18.0 Å². The number of hydrogen-bond acceptors (Lipinski definition) is 2. The third-order valence-corrected chi connectivity index (χ3v) is 2.81. The van der Waals surface area contributed by atoms with Crippen LogP contribution >= 0.6 is 11.6 Å². The standard InChI is InChI=1S/C13H8ClF3N2O/c14-8-5-9(16)7(4-10(8)17)13(20)19-12-3-6(15)1-2-11(12)18/h1-5H,18H2,(H,19,20). The lowest BCUT2D eigenvalue weighted by Crippen LogP contribution is -2.15. The second-order valence-corrected chi connectivity index (χ2v) is 4.34. The van der Waals surface area contributed by atoms with Gasteiger partial charge >= 0.3 is 0 Å². The van der Waals surface area contributed by atoms with Gasteiger partial charge in [0.25, 0.3) is 5.91 Å². The number of benzene rings is 2. The molecule has 0 atom stereocenters. The van der Waals surface area contributed by atoms with Crippen molar-refractivity contribution in [3.05, 3.63) is 58.4 Å². The van der Waals surface area contributed by atoms with Gasteiger partial charge in [-0.25, -0.2) is 13.2 Å². The zero-order chi connectivity index (χ0) is 14.9. The molecule has 0 bridgehead atoms. The molecule has 0 radical (unpaired) electrons. The molecule has 0 aliphatic rings. The second kappa shape index (κ2) is 5.42. The summed E-state index contributed by atoms with van der Waals surface area (Å²) in [5.74, 6) is -3.53. The number of hydrogen-bond donors (Lipinski definition) is 2. The Bertz CT molecular complexity index is 692. The smallest absolute Gasteiger partial charge is 0.258 e. The van der Waals surface area contributed by atoms with Crippen LogP contribution in [0.1, 0.15) is 10.4 Å². The van der Waals surface area contributed by atoms with Crippen LogP contribution in [0.5, 0.6) is 0 Å². The lowest BCUT2D eigenvalue weighted by molar-refractivity contribution is 0.102. The average Bonchev–Trinajstić information content (AvgIpc) is 2.38. The number of carbonyl (C=O) groups excluding carboxylic acids is 1.